The molecular weight excluding hydrogens is 390 g/mol. The Kier molecular flexibility index (Phi) is 6.47. The number of nitrogens with two attached hydrogens (primary N) is 1. The number of nitrogens with zero attached hydrogens (tertiary/aromatic N) is 1. The third-order valence-electron chi connectivity index (χ3n) is 6.34. The van der Waals surface area contributed by atoms with Crippen LogP contribution in [0.5, 0.6) is 11.5 Å². The van der Waals surface area contributed by atoms with Crippen LogP contribution in [0.3, 0.4) is 0 Å². The highest BCUT2D eigenvalue weighted by Gasteiger charge is 2.29. The number of aromatic amines is 1. The van der Waals surface area contributed by atoms with Crippen molar-refractivity contribution in [2.45, 2.75) is 31.7 Å². The Labute approximate surface area is 183 Å². The van der Waals surface area contributed by atoms with E-state index in [1.807, 2.05) is 30.0 Å². The fourth-order valence-corrected chi connectivity index (χ4v) is 4.66. The van der Waals surface area contributed by atoms with Crippen molar-refractivity contribution in [1.29, 1.82) is 0 Å². The maximum atomic E-state index is 12.9. The summed E-state index contributed by atoms with van der Waals surface area (Å²) in [5, 5.41) is 3.34. The molecule has 1 aromatic heterocycles. The SMILES string of the molecule is COc1cccc([C@@H](C[NH2+][C@@H](C)C(=O)N2CCCC2)c2c[nH]c3ccccc23)c1OC. The Morgan fingerprint density at radius 2 is 1.84 bits per heavy atom. The predicted molar refractivity (Wildman–Crippen MR) is 122 cm³/mol. The van der Waals surface area contributed by atoms with Gasteiger partial charge in [0.1, 0.15) is 0 Å². The molecule has 31 heavy (non-hydrogen) atoms. The molecule has 3 aromatic rings. The number of H-pyrrole nitrogens is 1. The standard InChI is InChI=1S/C25H31N3O3/c1-17(25(29)28-13-6-7-14-28)26-15-21(19-10-8-12-23(30-2)24(19)31-3)20-16-27-22-11-5-4-9-18(20)22/h4-5,8-12,16-17,21,26-27H,6-7,13-15H2,1-3H3/p+1/t17-,21+/m0/s1. The van der Waals surface area contributed by atoms with Crippen LogP contribution in [0.2, 0.25) is 0 Å². The lowest BCUT2D eigenvalue weighted by molar-refractivity contribution is -0.675. The topological polar surface area (TPSA) is 71.2 Å². The van der Waals surface area contributed by atoms with Gasteiger partial charge in [0.2, 0.25) is 0 Å². The van der Waals surface area contributed by atoms with E-state index in [0.29, 0.717) is 5.75 Å². The zero-order valence-electron chi connectivity index (χ0n) is 18.6. The molecule has 1 amide bonds. The van der Waals surface area contributed by atoms with Crippen LogP contribution in [0, 0.1) is 0 Å². The number of hydrogen-bond acceptors (Lipinski definition) is 3. The minimum atomic E-state index is -0.123. The Morgan fingerprint density at radius 3 is 2.58 bits per heavy atom. The van der Waals surface area contributed by atoms with E-state index >= 15 is 0 Å². The highest BCUT2D eigenvalue weighted by atomic mass is 16.5. The fourth-order valence-electron chi connectivity index (χ4n) is 4.66. The number of aromatic nitrogens is 1. The van der Waals surface area contributed by atoms with Gasteiger partial charge in [-0.15, -0.1) is 0 Å². The fraction of sp³-hybridized carbons (Fsp3) is 0.400. The number of quaternary nitrogens is 1. The molecule has 6 heteroatoms. The number of ether oxygens (including phenoxy) is 2. The summed E-state index contributed by atoms with van der Waals surface area (Å²) in [5.41, 5.74) is 3.36. The third kappa shape index (κ3) is 4.26. The van der Waals surface area contributed by atoms with E-state index in [-0.39, 0.29) is 17.9 Å². The molecule has 164 valence electrons. The first-order valence-corrected chi connectivity index (χ1v) is 11.0. The molecule has 1 fully saturated rings. The van der Waals surface area contributed by atoms with Gasteiger partial charge in [-0.2, -0.15) is 0 Å². The van der Waals surface area contributed by atoms with Gasteiger partial charge in [0.25, 0.3) is 5.91 Å². The normalized spacial score (nSPS) is 15.8. The van der Waals surface area contributed by atoms with E-state index in [1.165, 1.54) is 10.9 Å². The predicted octanol–water partition coefficient (Wildman–Crippen LogP) is 2.89. The van der Waals surface area contributed by atoms with Crippen molar-refractivity contribution in [3.63, 3.8) is 0 Å². The van der Waals surface area contributed by atoms with E-state index in [1.54, 1.807) is 14.2 Å². The molecule has 1 aliphatic rings. The number of fused-ring (bicyclic) bond motifs is 1. The summed E-state index contributed by atoms with van der Waals surface area (Å²) in [6, 6.07) is 14.2. The summed E-state index contributed by atoms with van der Waals surface area (Å²) in [6.45, 7) is 4.50. The van der Waals surface area contributed by atoms with Crippen LogP contribution >= 0.6 is 0 Å². The number of rotatable bonds is 8. The summed E-state index contributed by atoms with van der Waals surface area (Å²) >= 11 is 0. The van der Waals surface area contributed by atoms with Gasteiger partial charge in [-0.25, -0.2) is 0 Å². The maximum Gasteiger partial charge on any atom is 0.280 e. The zero-order chi connectivity index (χ0) is 21.8. The van der Waals surface area contributed by atoms with Gasteiger partial charge in [0, 0.05) is 35.8 Å². The van der Waals surface area contributed by atoms with Crippen LogP contribution in [-0.4, -0.2) is 55.7 Å². The average Bonchev–Trinajstić information content (AvgIpc) is 3.49. The highest BCUT2D eigenvalue weighted by molar-refractivity contribution is 5.84. The molecule has 0 radical (unpaired) electrons. The van der Waals surface area contributed by atoms with Crippen LogP contribution in [0.15, 0.2) is 48.7 Å². The third-order valence-corrected chi connectivity index (χ3v) is 6.34. The number of para-hydroxylation sites is 2. The van der Waals surface area contributed by atoms with E-state index in [2.05, 4.69) is 40.8 Å². The van der Waals surface area contributed by atoms with Gasteiger partial charge in [-0.3, -0.25) is 4.79 Å². The summed E-state index contributed by atoms with van der Waals surface area (Å²) in [4.78, 5) is 18.3. The smallest absolute Gasteiger partial charge is 0.280 e. The minimum Gasteiger partial charge on any atom is -0.493 e. The van der Waals surface area contributed by atoms with Gasteiger partial charge < -0.3 is 24.7 Å². The summed E-state index contributed by atoms with van der Waals surface area (Å²) in [5.74, 6) is 1.72. The van der Waals surface area contributed by atoms with Crippen molar-refractivity contribution in [3.8, 4) is 11.5 Å². The van der Waals surface area contributed by atoms with Crippen molar-refractivity contribution in [1.82, 2.24) is 9.88 Å². The summed E-state index contributed by atoms with van der Waals surface area (Å²) in [7, 11) is 3.34. The molecule has 0 saturated carbocycles. The molecule has 0 spiro atoms. The van der Waals surface area contributed by atoms with Gasteiger partial charge >= 0.3 is 0 Å². The maximum absolute atomic E-state index is 12.9. The van der Waals surface area contributed by atoms with Crippen molar-refractivity contribution < 1.29 is 19.6 Å². The first-order valence-electron chi connectivity index (χ1n) is 11.0. The van der Waals surface area contributed by atoms with Crippen molar-refractivity contribution in [2.24, 2.45) is 0 Å². The monoisotopic (exact) mass is 422 g/mol. The van der Waals surface area contributed by atoms with Crippen LogP contribution in [0.25, 0.3) is 10.9 Å². The molecule has 2 heterocycles. The number of carbonyl (C=O) groups is 1. The molecule has 1 aliphatic heterocycles. The van der Waals surface area contributed by atoms with Crippen molar-refractivity contribution >= 4 is 16.8 Å². The Morgan fingerprint density at radius 1 is 1.06 bits per heavy atom. The summed E-state index contributed by atoms with van der Waals surface area (Å²) < 4.78 is 11.3. The number of nitrogens with one attached hydrogen (secondary N) is 1. The van der Waals surface area contributed by atoms with Crippen molar-refractivity contribution in [3.05, 3.63) is 59.8 Å². The number of methoxy groups -OCH3 is 2. The second-order valence-electron chi connectivity index (χ2n) is 8.22. The molecule has 1 saturated heterocycles. The molecule has 0 unspecified atom stereocenters. The highest BCUT2D eigenvalue weighted by Crippen LogP contribution is 2.39. The molecule has 6 nitrogen and oxygen atoms in total. The largest absolute Gasteiger partial charge is 0.493 e. The molecular formula is C25H32N3O3+. The Balaban J connectivity index is 1.68. The summed E-state index contributed by atoms with van der Waals surface area (Å²) in [6.07, 6.45) is 4.30. The number of likely N-dealkylation sites (tertiary alicyclic amines) is 1. The van der Waals surface area contributed by atoms with E-state index in [0.717, 1.165) is 49.3 Å². The van der Waals surface area contributed by atoms with Crippen LogP contribution < -0.4 is 14.8 Å². The average molecular weight is 423 g/mol. The number of amides is 1. The first kappa shape index (κ1) is 21.2. The number of hydrogen-bond donors (Lipinski definition) is 2. The molecule has 3 N–H and O–H groups in total. The van der Waals surface area contributed by atoms with Gasteiger partial charge in [0.15, 0.2) is 17.5 Å². The number of carbonyl (C=O) groups excluding carboxylic acids is 1. The lowest BCUT2D eigenvalue weighted by Crippen LogP contribution is -2.92. The van der Waals surface area contributed by atoms with E-state index in [9.17, 15) is 4.79 Å². The number of benzene rings is 2. The Hall–Kier alpha value is -2.99. The second kappa shape index (κ2) is 9.43. The molecule has 2 aromatic carbocycles. The van der Waals surface area contributed by atoms with Gasteiger partial charge in [-0.1, -0.05) is 30.3 Å². The lowest BCUT2D eigenvalue weighted by Gasteiger charge is -2.23. The Bertz CT molecular complexity index is 1040. The molecule has 2 atom stereocenters. The van der Waals surface area contributed by atoms with Gasteiger partial charge in [0.05, 0.1) is 26.7 Å². The zero-order valence-corrected chi connectivity index (χ0v) is 18.6. The minimum absolute atomic E-state index is 0.0371. The van der Waals surface area contributed by atoms with E-state index < -0.39 is 0 Å². The lowest BCUT2D eigenvalue weighted by atomic mass is 9.89. The van der Waals surface area contributed by atoms with Gasteiger partial charge in [-0.05, 0) is 37.5 Å². The van der Waals surface area contributed by atoms with Crippen molar-refractivity contribution in [2.75, 3.05) is 33.9 Å². The quantitative estimate of drug-likeness (QED) is 0.586. The van der Waals surface area contributed by atoms with E-state index in [4.69, 9.17) is 9.47 Å². The molecule has 4 rings (SSSR count). The van der Waals surface area contributed by atoms with Crippen LogP contribution in [-0.2, 0) is 4.79 Å². The molecule has 0 bridgehead atoms. The van der Waals surface area contributed by atoms with Crippen LogP contribution in [0.1, 0.15) is 36.8 Å². The molecule has 0 aliphatic carbocycles. The first-order chi connectivity index (χ1) is 15.1. The van der Waals surface area contributed by atoms with Crippen LogP contribution in [0.4, 0.5) is 0 Å². The second-order valence-corrected chi connectivity index (χ2v) is 8.22.